The number of benzene rings is 1. The van der Waals surface area contributed by atoms with E-state index in [-0.39, 0.29) is 17.7 Å². The van der Waals surface area contributed by atoms with Gasteiger partial charge in [0, 0.05) is 18.7 Å². The van der Waals surface area contributed by atoms with Gasteiger partial charge in [0.25, 0.3) is 5.91 Å². The van der Waals surface area contributed by atoms with Crippen LogP contribution < -0.4 is 5.32 Å². The normalized spacial score (nSPS) is 25.5. The molecule has 1 fully saturated rings. The van der Waals surface area contributed by atoms with E-state index in [2.05, 4.69) is 10.3 Å². The largest absolute Gasteiger partial charge is 0.383 e. The van der Waals surface area contributed by atoms with Crippen molar-refractivity contribution in [2.75, 3.05) is 25.6 Å². The Hall–Kier alpha value is -2.21. The number of aliphatic imine (C=N–C) groups is 1. The Morgan fingerprint density at radius 1 is 1.35 bits per heavy atom. The van der Waals surface area contributed by atoms with Crippen LogP contribution in [-0.2, 0) is 14.3 Å². The fourth-order valence-corrected chi connectivity index (χ4v) is 3.91. The number of amidine groups is 1. The van der Waals surface area contributed by atoms with Crippen LogP contribution in [-0.4, -0.2) is 48.4 Å². The third-order valence-corrected chi connectivity index (χ3v) is 5.40. The molecule has 0 unspecified atom stereocenters. The molecule has 1 aliphatic heterocycles. The highest BCUT2D eigenvalue weighted by molar-refractivity contribution is 6.07. The molecule has 3 rings (SSSR count). The molecule has 2 amide bonds. The highest BCUT2D eigenvalue weighted by Gasteiger charge is 2.49. The smallest absolute Gasteiger partial charge is 0.255 e. The van der Waals surface area contributed by atoms with Crippen LogP contribution in [0.2, 0.25) is 0 Å². The first-order valence-electron chi connectivity index (χ1n) is 9.20. The van der Waals surface area contributed by atoms with E-state index >= 15 is 0 Å². The summed E-state index contributed by atoms with van der Waals surface area (Å²) >= 11 is 0. The van der Waals surface area contributed by atoms with Gasteiger partial charge in [-0.15, -0.1) is 0 Å². The van der Waals surface area contributed by atoms with Gasteiger partial charge in [0.05, 0.1) is 13.2 Å². The van der Waals surface area contributed by atoms with Crippen LogP contribution in [0.25, 0.3) is 0 Å². The first-order chi connectivity index (χ1) is 12.4. The molecule has 1 N–H and O–H groups in total. The van der Waals surface area contributed by atoms with Crippen molar-refractivity contribution in [1.82, 2.24) is 4.90 Å². The SMILES string of the molecule is COCCN1C(=O)C2(CCC(C(=O)Nc3cccc(C)c3)CC2)N=C1C. The van der Waals surface area contributed by atoms with Gasteiger partial charge in [0.2, 0.25) is 5.91 Å². The van der Waals surface area contributed by atoms with Crippen molar-refractivity contribution in [1.29, 1.82) is 0 Å². The van der Waals surface area contributed by atoms with E-state index < -0.39 is 5.54 Å². The summed E-state index contributed by atoms with van der Waals surface area (Å²) in [5, 5.41) is 3.00. The number of aryl methyl sites for hydroxylation is 1. The van der Waals surface area contributed by atoms with Crippen molar-refractivity contribution in [3.05, 3.63) is 29.8 Å². The quantitative estimate of drug-likeness (QED) is 0.881. The molecule has 0 radical (unpaired) electrons. The number of nitrogens with zero attached hydrogens (tertiary/aromatic N) is 2. The van der Waals surface area contributed by atoms with Crippen molar-refractivity contribution in [3.8, 4) is 0 Å². The summed E-state index contributed by atoms with van der Waals surface area (Å²) < 4.78 is 5.09. The van der Waals surface area contributed by atoms with Crippen molar-refractivity contribution >= 4 is 23.3 Å². The molecule has 1 saturated carbocycles. The number of hydrogen-bond acceptors (Lipinski definition) is 4. The van der Waals surface area contributed by atoms with Crippen LogP contribution in [0.5, 0.6) is 0 Å². The molecule has 0 saturated heterocycles. The van der Waals surface area contributed by atoms with Crippen LogP contribution in [0.1, 0.15) is 38.2 Å². The average molecular weight is 357 g/mol. The maximum Gasteiger partial charge on any atom is 0.255 e. The third kappa shape index (κ3) is 3.65. The summed E-state index contributed by atoms with van der Waals surface area (Å²) in [4.78, 5) is 31.8. The molecule has 6 heteroatoms. The highest BCUT2D eigenvalue weighted by atomic mass is 16.5. The van der Waals surface area contributed by atoms with Crippen LogP contribution in [0.4, 0.5) is 5.69 Å². The van der Waals surface area contributed by atoms with Crippen molar-refractivity contribution in [2.24, 2.45) is 10.9 Å². The zero-order valence-electron chi connectivity index (χ0n) is 15.7. The summed E-state index contributed by atoms with van der Waals surface area (Å²) in [6.07, 6.45) is 2.60. The lowest BCUT2D eigenvalue weighted by molar-refractivity contribution is -0.134. The number of hydrogen-bond donors (Lipinski definition) is 1. The number of anilines is 1. The molecular formula is C20H27N3O3. The molecule has 1 aliphatic carbocycles. The lowest BCUT2D eigenvalue weighted by atomic mass is 9.76. The van der Waals surface area contributed by atoms with Crippen molar-refractivity contribution < 1.29 is 14.3 Å². The minimum absolute atomic E-state index is 0.0350. The number of nitrogens with one attached hydrogen (secondary N) is 1. The molecule has 1 spiro atoms. The molecule has 1 heterocycles. The Morgan fingerprint density at radius 2 is 2.08 bits per heavy atom. The van der Waals surface area contributed by atoms with Crippen LogP contribution in [0, 0.1) is 12.8 Å². The molecule has 26 heavy (non-hydrogen) atoms. The summed E-state index contributed by atoms with van der Waals surface area (Å²) in [5.41, 5.74) is 1.27. The number of carbonyl (C=O) groups excluding carboxylic acids is 2. The Morgan fingerprint density at radius 3 is 2.73 bits per heavy atom. The number of ether oxygens (including phenoxy) is 1. The summed E-state index contributed by atoms with van der Waals surface area (Å²) in [7, 11) is 1.63. The topological polar surface area (TPSA) is 71.0 Å². The van der Waals surface area contributed by atoms with Gasteiger partial charge in [0.1, 0.15) is 11.4 Å². The Bertz CT molecular complexity index is 721. The van der Waals surface area contributed by atoms with Gasteiger partial charge in [-0.1, -0.05) is 12.1 Å². The van der Waals surface area contributed by atoms with Gasteiger partial charge in [-0.2, -0.15) is 0 Å². The van der Waals surface area contributed by atoms with Gasteiger partial charge >= 0.3 is 0 Å². The molecule has 2 aliphatic rings. The van der Waals surface area contributed by atoms with Crippen LogP contribution in [0.3, 0.4) is 0 Å². The summed E-state index contributed by atoms with van der Waals surface area (Å²) in [6, 6.07) is 7.80. The summed E-state index contributed by atoms with van der Waals surface area (Å²) in [5.74, 6) is 0.782. The van der Waals surface area contributed by atoms with E-state index in [0.717, 1.165) is 17.1 Å². The highest BCUT2D eigenvalue weighted by Crippen LogP contribution is 2.40. The molecule has 1 aromatic rings. The first kappa shape index (κ1) is 18.6. The van der Waals surface area contributed by atoms with E-state index in [4.69, 9.17) is 4.74 Å². The Labute approximate surface area is 154 Å². The molecule has 6 nitrogen and oxygen atoms in total. The number of amides is 2. The van der Waals surface area contributed by atoms with E-state index in [1.807, 2.05) is 38.1 Å². The second-order valence-corrected chi connectivity index (χ2v) is 7.27. The minimum atomic E-state index is -0.669. The average Bonchev–Trinajstić information content (AvgIpc) is 2.84. The monoisotopic (exact) mass is 357 g/mol. The van der Waals surface area contributed by atoms with Crippen LogP contribution in [0.15, 0.2) is 29.3 Å². The van der Waals surface area contributed by atoms with E-state index in [1.54, 1.807) is 12.0 Å². The number of carbonyl (C=O) groups is 2. The number of methoxy groups -OCH3 is 1. The maximum absolute atomic E-state index is 12.9. The molecule has 0 aromatic heterocycles. The summed E-state index contributed by atoms with van der Waals surface area (Å²) in [6.45, 7) is 4.90. The lowest BCUT2D eigenvalue weighted by Crippen LogP contribution is -2.46. The second kappa shape index (κ2) is 7.58. The van der Waals surface area contributed by atoms with Gasteiger partial charge in [-0.05, 0) is 57.2 Å². The molecular weight excluding hydrogens is 330 g/mol. The van der Waals surface area contributed by atoms with Gasteiger partial charge in [-0.25, -0.2) is 0 Å². The Kier molecular flexibility index (Phi) is 5.41. The molecule has 0 bridgehead atoms. The standard InChI is InChI=1S/C20H27N3O3/c1-14-5-4-6-17(13-14)21-18(24)16-7-9-20(10-8-16)19(25)23(11-12-26-3)15(2)22-20/h4-6,13,16H,7-12H2,1-3H3,(H,21,24). The third-order valence-electron chi connectivity index (χ3n) is 5.40. The Balaban J connectivity index is 1.60. The molecule has 1 aromatic carbocycles. The zero-order valence-corrected chi connectivity index (χ0v) is 15.7. The fourth-order valence-electron chi connectivity index (χ4n) is 3.91. The first-order valence-corrected chi connectivity index (χ1v) is 9.20. The van der Waals surface area contributed by atoms with Gasteiger partial charge < -0.3 is 10.1 Å². The second-order valence-electron chi connectivity index (χ2n) is 7.27. The van der Waals surface area contributed by atoms with Crippen molar-refractivity contribution in [3.63, 3.8) is 0 Å². The van der Waals surface area contributed by atoms with Gasteiger partial charge in [0.15, 0.2) is 0 Å². The fraction of sp³-hybridized carbons (Fsp3) is 0.550. The van der Waals surface area contributed by atoms with E-state index in [1.165, 1.54) is 0 Å². The van der Waals surface area contributed by atoms with E-state index in [0.29, 0.717) is 38.8 Å². The predicted octanol–water partition coefficient (Wildman–Crippen LogP) is 2.77. The maximum atomic E-state index is 12.9. The number of rotatable bonds is 5. The zero-order chi connectivity index (χ0) is 18.7. The molecule has 0 atom stereocenters. The van der Waals surface area contributed by atoms with Crippen molar-refractivity contribution in [2.45, 2.75) is 45.1 Å². The van der Waals surface area contributed by atoms with Crippen LogP contribution >= 0.6 is 0 Å². The lowest BCUT2D eigenvalue weighted by Gasteiger charge is -2.33. The minimum Gasteiger partial charge on any atom is -0.383 e. The van der Waals surface area contributed by atoms with E-state index in [9.17, 15) is 9.59 Å². The molecule has 140 valence electrons. The predicted molar refractivity (Wildman–Crippen MR) is 101 cm³/mol. The van der Waals surface area contributed by atoms with Gasteiger partial charge in [-0.3, -0.25) is 19.5 Å².